The summed E-state index contributed by atoms with van der Waals surface area (Å²) in [5.74, 6) is 2.22. The molecular formula is C69H35N11O3S2. The molecule has 0 spiro atoms. The molecule has 1 aliphatic heterocycles. The molecule has 0 atom stereocenters. The van der Waals surface area contributed by atoms with E-state index in [1.54, 1.807) is 20.6 Å². The fraction of sp³-hybridized carbons (Fsp3) is 0. The van der Waals surface area contributed by atoms with Gasteiger partial charge in [-0.3, -0.25) is 18.7 Å². The van der Waals surface area contributed by atoms with Crippen LogP contribution in [-0.2, 0) is 0 Å². The predicted molar refractivity (Wildman–Crippen MR) is 338 cm³/mol. The molecular weight excluding hydrogens is 1090 g/mol. The quantitative estimate of drug-likeness (QED) is 0.162. The lowest BCUT2D eigenvalue weighted by atomic mass is 10.00. The van der Waals surface area contributed by atoms with Gasteiger partial charge in [-0.15, -0.1) is 0 Å². The van der Waals surface area contributed by atoms with E-state index in [4.69, 9.17) is 39.3 Å². The standard InChI is InChI=1S/C69H35N11O3S2/c81-64-45-32-43-40-18-7-10-22-50(40)77(67-75-62(36-14-3-1-4-15-36)74-63(76-67)37-16-5-2-6-17-37)54(43)34-56(45)83-68-71-49-30-38(27-29-53(49)79(64)68)39-26-28-42-58(31-39)84-57-25-13-21-48-60(57)61(42)73-66(70-48)78-51-23-11-8-19-41(51)44-33-46-59(35-55(44)78)85-69-72-47-20-9-12-24-52(47)80(69)65(46)82/h1-35H. The molecule has 85 heavy (non-hydrogen) atoms. The van der Waals surface area contributed by atoms with Gasteiger partial charge in [0.05, 0.1) is 66.1 Å². The molecule has 0 N–H and O–H groups in total. The number of nitrogens with zero attached hydrogens (tertiary/aromatic N) is 11. The highest BCUT2D eigenvalue weighted by Gasteiger charge is 2.27. The highest BCUT2D eigenvalue weighted by atomic mass is 32.2. The zero-order chi connectivity index (χ0) is 55.8. The van der Waals surface area contributed by atoms with E-state index in [1.165, 1.54) is 11.3 Å². The highest BCUT2D eigenvalue weighted by molar-refractivity contribution is 7.99. The van der Waals surface area contributed by atoms with Crippen molar-refractivity contribution in [3.05, 3.63) is 233 Å². The normalized spacial score (nSPS) is 12.5. The fourth-order valence-corrected chi connectivity index (χ4v) is 14.8. The molecule has 0 amide bonds. The van der Waals surface area contributed by atoms with Crippen molar-refractivity contribution in [2.75, 3.05) is 0 Å². The Morgan fingerprint density at radius 3 is 1.74 bits per heavy atom. The van der Waals surface area contributed by atoms with Crippen LogP contribution < -0.4 is 11.1 Å². The van der Waals surface area contributed by atoms with Crippen molar-refractivity contribution in [3.8, 4) is 57.1 Å². The number of benzene rings is 10. The fourth-order valence-electron chi connectivity index (χ4n) is 12.7. The largest absolute Gasteiger partial charge is 0.424 e. The van der Waals surface area contributed by atoms with Crippen LogP contribution in [-0.4, -0.2) is 52.8 Å². The van der Waals surface area contributed by atoms with Gasteiger partial charge in [0.15, 0.2) is 16.6 Å². The number of hydrogen-bond acceptors (Lipinski definition) is 12. The van der Waals surface area contributed by atoms with Gasteiger partial charge in [-0.1, -0.05) is 157 Å². The number of rotatable bonds is 5. The first-order valence-corrected chi connectivity index (χ1v) is 29.2. The van der Waals surface area contributed by atoms with Crippen LogP contribution >= 0.6 is 23.1 Å². The minimum atomic E-state index is -0.238. The average Bonchev–Trinajstić information content (AvgIpc) is 2.72. The number of para-hydroxylation sites is 4. The van der Waals surface area contributed by atoms with Gasteiger partial charge < -0.3 is 4.42 Å². The van der Waals surface area contributed by atoms with E-state index in [1.807, 2.05) is 162 Å². The Kier molecular flexibility index (Phi) is 9.38. The van der Waals surface area contributed by atoms with Crippen molar-refractivity contribution in [2.24, 2.45) is 0 Å². The first-order valence-electron chi connectivity index (χ1n) is 27.5. The molecule has 0 bridgehead atoms. The topological polar surface area (TPSA) is 156 Å². The van der Waals surface area contributed by atoms with Crippen LogP contribution in [0.5, 0.6) is 0 Å². The molecule has 8 aromatic heterocycles. The van der Waals surface area contributed by atoms with Gasteiger partial charge in [-0.2, -0.15) is 15.0 Å². The minimum Gasteiger partial charge on any atom is -0.424 e. The van der Waals surface area contributed by atoms with Crippen LogP contribution in [0.4, 0.5) is 0 Å². The molecule has 396 valence electrons. The first-order chi connectivity index (χ1) is 41.9. The second kappa shape index (κ2) is 17.2. The minimum absolute atomic E-state index is 0.0970. The summed E-state index contributed by atoms with van der Waals surface area (Å²) < 4.78 is 14.9. The van der Waals surface area contributed by atoms with E-state index >= 15 is 0 Å². The second-order valence-electron chi connectivity index (χ2n) is 21.3. The number of imidazole rings is 2. The maximum atomic E-state index is 14.9. The van der Waals surface area contributed by atoms with Crippen LogP contribution in [0.15, 0.2) is 236 Å². The lowest BCUT2D eigenvalue weighted by Crippen LogP contribution is -2.12. The Morgan fingerprint density at radius 1 is 0.376 bits per heavy atom. The Morgan fingerprint density at radius 2 is 0.988 bits per heavy atom. The third kappa shape index (κ3) is 6.68. The lowest BCUT2D eigenvalue weighted by molar-refractivity contribution is 0.617. The Bertz CT molecular complexity index is 6090. The molecule has 9 heterocycles. The van der Waals surface area contributed by atoms with Crippen molar-refractivity contribution < 1.29 is 4.42 Å². The molecule has 0 aliphatic carbocycles. The van der Waals surface area contributed by atoms with Crippen LogP contribution in [0.1, 0.15) is 0 Å². The van der Waals surface area contributed by atoms with E-state index in [9.17, 15) is 9.59 Å². The van der Waals surface area contributed by atoms with Gasteiger partial charge in [0.2, 0.25) is 11.9 Å². The van der Waals surface area contributed by atoms with E-state index in [0.29, 0.717) is 55.9 Å². The summed E-state index contributed by atoms with van der Waals surface area (Å²) in [4.78, 5) is 67.6. The molecule has 16 heteroatoms. The third-order valence-electron chi connectivity index (χ3n) is 16.5. The molecule has 14 nitrogen and oxygen atoms in total. The predicted octanol–water partition coefficient (Wildman–Crippen LogP) is 15.4. The summed E-state index contributed by atoms with van der Waals surface area (Å²) in [5, 5.41) is 5.76. The number of aromatic nitrogens is 11. The average molecular weight is 1130 g/mol. The maximum Gasteiger partial charge on any atom is 0.310 e. The third-order valence-corrected chi connectivity index (χ3v) is 18.7. The zero-order valence-electron chi connectivity index (χ0n) is 44.2. The van der Waals surface area contributed by atoms with Gasteiger partial charge in [-0.05, 0) is 83.9 Å². The van der Waals surface area contributed by atoms with Crippen molar-refractivity contribution in [1.29, 1.82) is 0 Å². The van der Waals surface area contributed by atoms with Crippen LogP contribution in [0.25, 0.3) is 165 Å². The van der Waals surface area contributed by atoms with Crippen LogP contribution in [0.3, 0.4) is 0 Å². The molecule has 0 fully saturated rings. The molecule has 0 saturated heterocycles. The smallest absolute Gasteiger partial charge is 0.310 e. The van der Waals surface area contributed by atoms with Gasteiger partial charge >= 0.3 is 5.84 Å². The van der Waals surface area contributed by atoms with Crippen molar-refractivity contribution in [3.63, 3.8) is 0 Å². The number of hydrogen-bond donors (Lipinski definition) is 0. The Labute approximate surface area is 485 Å². The van der Waals surface area contributed by atoms with Crippen molar-refractivity contribution in [1.82, 2.24) is 52.8 Å². The van der Waals surface area contributed by atoms with Gasteiger partial charge in [0.1, 0.15) is 5.58 Å². The lowest BCUT2D eigenvalue weighted by Gasteiger charge is -2.21. The van der Waals surface area contributed by atoms with Gasteiger partial charge in [-0.25, -0.2) is 28.7 Å². The second-order valence-corrected chi connectivity index (χ2v) is 23.3. The monoisotopic (exact) mass is 1130 g/mol. The summed E-state index contributed by atoms with van der Waals surface area (Å²) in [6, 6.07) is 70.5. The Balaban J connectivity index is 0.728. The summed E-state index contributed by atoms with van der Waals surface area (Å²) in [7, 11) is 0. The zero-order valence-corrected chi connectivity index (χ0v) is 45.8. The molecule has 18 aromatic rings. The van der Waals surface area contributed by atoms with E-state index in [0.717, 1.165) is 114 Å². The van der Waals surface area contributed by atoms with Crippen LogP contribution in [0, 0.1) is 0 Å². The van der Waals surface area contributed by atoms with Crippen molar-refractivity contribution >= 4 is 132 Å². The highest BCUT2D eigenvalue weighted by Crippen LogP contribution is 2.49. The van der Waals surface area contributed by atoms with Crippen LogP contribution in [0.2, 0.25) is 0 Å². The maximum absolute atomic E-state index is 14.9. The summed E-state index contributed by atoms with van der Waals surface area (Å²) in [5.41, 5.74) is 12.6. The molecule has 10 aromatic carbocycles. The van der Waals surface area contributed by atoms with E-state index < -0.39 is 0 Å². The molecule has 0 radical (unpaired) electrons. The summed E-state index contributed by atoms with van der Waals surface area (Å²) in [6.45, 7) is 0. The SMILES string of the molecule is O=c1c2cc3c4ccccc4n(-c4nc(-c5ccccc5)nc(-c5ccccc5)n4)c3cc2oc2nc3cc(-c4ccc5c(c4)Sc4cccc6nc(-n7c8ccccc8c8cc9c(=O)n%10c(nc%11ccccc%11%10)sc9cc87)nc-5c46)ccc3n12. The molecule has 19 rings (SSSR count). The van der Waals surface area contributed by atoms with Gasteiger partial charge in [0.25, 0.3) is 11.1 Å². The van der Waals surface area contributed by atoms with Gasteiger partial charge in [0, 0.05) is 64.2 Å². The van der Waals surface area contributed by atoms with E-state index in [2.05, 4.69) is 59.2 Å². The summed E-state index contributed by atoms with van der Waals surface area (Å²) in [6.07, 6.45) is 0. The Hall–Kier alpha value is -11.2. The van der Waals surface area contributed by atoms with E-state index in [-0.39, 0.29) is 17.0 Å². The summed E-state index contributed by atoms with van der Waals surface area (Å²) >= 11 is 3.20. The molecule has 1 aliphatic rings. The number of fused-ring (bicyclic) bond motifs is 16. The first kappa shape index (κ1) is 46.4. The molecule has 0 saturated carbocycles. The molecule has 0 unspecified atom stereocenters. The van der Waals surface area contributed by atoms with Crippen molar-refractivity contribution in [2.45, 2.75) is 9.79 Å².